The van der Waals surface area contributed by atoms with E-state index in [1.54, 1.807) is 0 Å². The Kier molecular flexibility index (Phi) is 6.26. The molecule has 9 nitrogen and oxygen atoms in total. The fourth-order valence-corrected chi connectivity index (χ4v) is 5.18. The van der Waals surface area contributed by atoms with Crippen molar-refractivity contribution >= 4 is 34.5 Å². The van der Waals surface area contributed by atoms with Gasteiger partial charge in [0.15, 0.2) is 0 Å². The van der Waals surface area contributed by atoms with Gasteiger partial charge in [0, 0.05) is 38.0 Å². The maximum Gasteiger partial charge on any atom is 0.270 e. The van der Waals surface area contributed by atoms with Crippen LogP contribution in [-0.2, 0) is 14.4 Å². The normalized spacial score (nSPS) is 22.8. The molecule has 2 saturated heterocycles. The van der Waals surface area contributed by atoms with E-state index in [1.807, 2.05) is 0 Å². The Balaban J connectivity index is 1.67. The smallest absolute Gasteiger partial charge is 0.270 e. The van der Waals surface area contributed by atoms with Gasteiger partial charge in [-0.3, -0.25) is 19.2 Å². The van der Waals surface area contributed by atoms with Gasteiger partial charge in [0.05, 0.1) is 10.9 Å². The largest absolute Gasteiger partial charge is 0.368 e. The molecule has 4 N–H and O–H groups in total. The van der Waals surface area contributed by atoms with E-state index in [0.717, 1.165) is 15.9 Å². The van der Waals surface area contributed by atoms with Crippen molar-refractivity contribution in [1.82, 2.24) is 20.1 Å². The first-order valence-electron chi connectivity index (χ1n) is 11.5. The monoisotopic (exact) mass is 507 g/mol. The highest BCUT2D eigenvalue weighted by atomic mass is 19.1. The van der Waals surface area contributed by atoms with Crippen molar-refractivity contribution in [2.75, 3.05) is 20.1 Å². The first kappa shape index (κ1) is 25.5. The molecule has 36 heavy (non-hydrogen) atoms. The molecule has 194 valence electrons. The fraction of sp³-hybridized carbons (Fsp3) is 0.500. The zero-order valence-electron chi connectivity index (χ0n) is 20.2. The van der Waals surface area contributed by atoms with Gasteiger partial charge >= 0.3 is 0 Å². The second kappa shape index (κ2) is 8.82. The molecule has 4 rings (SSSR count). The number of likely N-dealkylation sites (tertiary alicyclic amines) is 1. The number of aromatic nitrogens is 1. The van der Waals surface area contributed by atoms with Crippen molar-refractivity contribution in [2.45, 2.75) is 50.9 Å². The van der Waals surface area contributed by atoms with Crippen LogP contribution in [0.4, 0.5) is 13.2 Å². The molecular formula is C24H28F3N5O4. The van der Waals surface area contributed by atoms with E-state index >= 15 is 0 Å². The molecule has 2 aromatic rings. The highest BCUT2D eigenvalue weighted by Crippen LogP contribution is 2.41. The van der Waals surface area contributed by atoms with Crippen LogP contribution in [0.1, 0.15) is 43.6 Å². The maximum atomic E-state index is 14.8. The summed E-state index contributed by atoms with van der Waals surface area (Å²) < 4.78 is 42.6. The highest BCUT2D eigenvalue weighted by Gasteiger charge is 2.55. The Bertz CT molecular complexity index is 1260. The number of carbonyl (C=O) groups excluding carboxylic acids is 4. The predicted molar refractivity (Wildman–Crippen MR) is 123 cm³/mol. The van der Waals surface area contributed by atoms with Crippen molar-refractivity contribution in [3.8, 4) is 0 Å². The van der Waals surface area contributed by atoms with Crippen LogP contribution < -0.4 is 11.1 Å². The van der Waals surface area contributed by atoms with Crippen LogP contribution in [0.25, 0.3) is 10.9 Å². The molecule has 1 aromatic carbocycles. The molecule has 3 heterocycles. The summed E-state index contributed by atoms with van der Waals surface area (Å²) in [4.78, 5) is 56.6. The molecule has 0 aliphatic carbocycles. The molecule has 12 heteroatoms. The number of benzene rings is 1. The number of fused-ring (bicyclic) bond motifs is 1. The van der Waals surface area contributed by atoms with Gasteiger partial charge < -0.3 is 25.8 Å². The Hall–Kier alpha value is -3.57. The van der Waals surface area contributed by atoms with Crippen LogP contribution in [-0.4, -0.2) is 76.3 Å². The number of likely N-dealkylation sites (N-methyl/N-ethyl adjacent to an activating group) is 1. The van der Waals surface area contributed by atoms with Crippen LogP contribution >= 0.6 is 0 Å². The highest BCUT2D eigenvalue weighted by molar-refractivity contribution is 6.01. The molecule has 3 atom stereocenters. The number of nitrogens with one attached hydrogen (secondary N) is 2. The molecule has 2 aliphatic heterocycles. The van der Waals surface area contributed by atoms with Gasteiger partial charge in [-0.25, -0.2) is 13.2 Å². The predicted octanol–water partition coefficient (Wildman–Crippen LogP) is 1.62. The van der Waals surface area contributed by atoms with Crippen LogP contribution in [0, 0.1) is 17.0 Å². The number of rotatable bonds is 6. The summed E-state index contributed by atoms with van der Waals surface area (Å²) >= 11 is 0. The fourth-order valence-electron chi connectivity index (χ4n) is 5.18. The third-order valence-electron chi connectivity index (χ3n) is 7.05. The number of halogens is 3. The van der Waals surface area contributed by atoms with Crippen molar-refractivity contribution in [3.63, 3.8) is 0 Å². The summed E-state index contributed by atoms with van der Waals surface area (Å²) in [6, 6.07) is 0.423. The average Bonchev–Trinajstić information content (AvgIpc) is 3.48. The topological polar surface area (TPSA) is 129 Å². The lowest BCUT2D eigenvalue weighted by Crippen LogP contribution is -2.55. The Morgan fingerprint density at radius 1 is 1.28 bits per heavy atom. The molecule has 1 unspecified atom stereocenters. The second-order valence-electron chi connectivity index (χ2n) is 10.3. The molecule has 0 radical (unpaired) electrons. The van der Waals surface area contributed by atoms with E-state index in [9.17, 15) is 32.3 Å². The minimum atomic E-state index is -1.89. The average molecular weight is 508 g/mol. The molecule has 2 fully saturated rings. The summed E-state index contributed by atoms with van der Waals surface area (Å²) in [7, 11) is 1.28. The first-order chi connectivity index (χ1) is 16.7. The zero-order valence-corrected chi connectivity index (χ0v) is 20.2. The standard InChI is InChI=1S/C24H28F3N5O4/c1-23(2,27)9-18(21(35)32-11-24(4-5-29-22(24)36)10-17(32)19(28)33)31(3)20(34)16-8-13-14(26)6-12(25)7-15(13)30-16/h6-8,17-18,30H,4-5,9-11H2,1-3H3,(H2,28,33)(H,29,36)/t17-,18?,24-/m0/s1. The molecule has 1 aromatic heterocycles. The second-order valence-corrected chi connectivity index (χ2v) is 10.3. The van der Waals surface area contributed by atoms with Crippen LogP contribution in [0.15, 0.2) is 18.2 Å². The van der Waals surface area contributed by atoms with Crippen molar-refractivity contribution < 1.29 is 32.3 Å². The minimum Gasteiger partial charge on any atom is -0.368 e. The Labute approximate surface area is 205 Å². The molecule has 4 amide bonds. The van der Waals surface area contributed by atoms with Crippen molar-refractivity contribution in [1.29, 1.82) is 0 Å². The number of amides is 4. The number of hydrogen-bond acceptors (Lipinski definition) is 4. The number of primary amides is 1. The number of nitrogens with two attached hydrogens (primary N) is 1. The summed E-state index contributed by atoms with van der Waals surface area (Å²) in [6.45, 7) is 2.79. The summed E-state index contributed by atoms with van der Waals surface area (Å²) in [6.07, 6.45) is 0.0270. The van der Waals surface area contributed by atoms with Crippen LogP contribution in [0.5, 0.6) is 0 Å². The van der Waals surface area contributed by atoms with Gasteiger partial charge in [-0.2, -0.15) is 0 Å². The van der Waals surface area contributed by atoms with Gasteiger partial charge in [-0.1, -0.05) is 0 Å². The number of carbonyl (C=O) groups is 4. The number of nitrogens with zero attached hydrogens (tertiary/aromatic N) is 2. The van der Waals surface area contributed by atoms with E-state index in [1.165, 1.54) is 27.0 Å². The summed E-state index contributed by atoms with van der Waals surface area (Å²) in [5.74, 6) is -4.30. The SMILES string of the molecule is CN(C(=O)c1cc2c(F)cc(F)cc2[nH]1)C(CC(C)(C)F)C(=O)N1C[C@]2(CCNC2=O)C[C@H]1C(N)=O. The van der Waals surface area contributed by atoms with Gasteiger partial charge in [0.25, 0.3) is 5.91 Å². The quantitative estimate of drug-likeness (QED) is 0.549. The van der Waals surface area contributed by atoms with Crippen LogP contribution in [0.3, 0.4) is 0 Å². The number of hydrogen-bond donors (Lipinski definition) is 3. The third kappa shape index (κ3) is 4.51. The number of aromatic amines is 1. The zero-order chi connectivity index (χ0) is 26.6. The molecular weight excluding hydrogens is 479 g/mol. The van der Waals surface area contributed by atoms with Crippen molar-refractivity contribution in [3.05, 3.63) is 35.5 Å². The van der Waals surface area contributed by atoms with E-state index < -0.39 is 58.9 Å². The molecule has 0 bridgehead atoms. The van der Waals surface area contributed by atoms with E-state index in [4.69, 9.17) is 5.73 Å². The maximum absolute atomic E-state index is 14.8. The lowest BCUT2D eigenvalue weighted by atomic mass is 9.84. The summed E-state index contributed by atoms with van der Waals surface area (Å²) in [5.41, 5.74) is 2.59. The minimum absolute atomic E-state index is 0.0237. The summed E-state index contributed by atoms with van der Waals surface area (Å²) in [5, 5.41) is 2.68. The van der Waals surface area contributed by atoms with Crippen molar-refractivity contribution in [2.24, 2.45) is 11.1 Å². The van der Waals surface area contributed by atoms with Gasteiger partial charge in [0.2, 0.25) is 17.7 Å². The van der Waals surface area contributed by atoms with Gasteiger partial charge in [-0.05, 0) is 38.8 Å². The van der Waals surface area contributed by atoms with Crippen LogP contribution in [0.2, 0.25) is 0 Å². The van der Waals surface area contributed by atoms with E-state index in [-0.39, 0.29) is 35.5 Å². The Morgan fingerprint density at radius 2 is 1.97 bits per heavy atom. The van der Waals surface area contributed by atoms with E-state index in [0.29, 0.717) is 19.0 Å². The molecule has 2 aliphatic rings. The lowest BCUT2D eigenvalue weighted by molar-refractivity contribution is -0.142. The number of alkyl halides is 1. The Morgan fingerprint density at radius 3 is 2.56 bits per heavy atom. The molecule has 1 spiro atoms. The van der Waals surface area contributed by atoms with E-state index in [2.05, 4.69) is 10.3 Å². The first-order valence-corrected chi connectivity index (χ1v) is 11.5. The number of H-pyrrole nitrogens is 1. The third-order valence-corrected chi connectivity index (χ3v) is 7.05. The lowest BCUT2D eigenvalue weighted by Gasteiger charge is -2.35. The molecule has 0 saturated carbocycles. The van der Waals surface area contributed by atoms with Gasteiger partial charge in [-0.15, -0.1) is 0 Å². The van der Waals surface area contributed by atoms with Gasteiger partial charge in [0.1, 0.15) is 35.1 Å².